The van der Waals surface area contributed by atoms with Crippen molar-refractivity contribution in [3.05, 3.63) is 163 Å². The van der Waals surface area contributed by atoms with Gasteiger partial charge in [0, 0.05) is 52.2 Å². The largest absolute Gasteiger partial charge is 2.00 e. The monoisotopic (exact) mass is 888 g/mol. The number of hydrogen-bond acceptors (Lipinski definition) is 4. The van der Waals surface area contributed by atoms with Gasteiger partial charge in [-0.05, 0) is 65.4 Å². The van der Waals surface area contributed by atoms with Crippen molar-refractivity contribution >= 4 is 77.9 Å². The van der Waals surface area contributed by atoms with Gasteiger partial charge in [-0.1, -0.05) is 125 Å². The normalized spacial score (nSPS) is 12.4. The standard InChI is InChI=1S/C47H32BN5O.Pt/c1-29-11-8-12-30(2)44(29)48-51(3)42-23-21-31(27-41(42)46-50-25-26-52(46)48)54-32-20-22-37-39-18-9-17-38-35-15-6-4-13-33(35)34-14-5-7-16-36(34)40-19-10-24-49-47(40)53(45(38)39)43(37)28-32;/h4-26H,1-3H3;/q-2;+2. The number of hydrogen-bond donors (Lipinski definition) is 0. The van der Waals surface area contributed by atoms with Crippen molar-refractivity contribution in [3.63, 3.8) is 0 Å². The van der Waals surface area contributed by atoms with E-state index in [-0.39, 0.29) is 28.0 Å². The SMILES string of the molecule is Cc1cccc(C)c1B1N(C)c2ccc(Oc3[c-]c4c(cc3)c3cccc5c6ccccc6c6ccccc6c6cccnc6n4c53)[c-]c2-c2nccn21.[Pt+2]. The summed E-state index contributed by atoms with van der Waals surface area (Å²) in [6.45, 7) is 4.34. The van der Waals surface area contributed by atoms with Crippen molar-refractivity contribution in [2.24, 2.45) is 0 Å². The minimum Gasteiger partial charge on any atom is -0.503 e. The van der Waals surface area contributed by atoms with E-state index in [2.05, 4.69) is 156 Å². The number of anilines is 1. The number of para-hydroxylation sites is 1. The second-order valence-corrected chi connectivity index (χ2v) is 14.2. The maximum absolute atomic E-state index is 6.65. The molecule has 8 heteroatoms. The maximum Gasteiger partial charge on any atom is 2.00 e. The van der Waals surface area contributed by atoms with E-state index in [1.54, 1.807) is 0 Å². The van der Waals surface area contributed by atoms with E-state index in [1.165, 1.54) is 32.7 Å². The molecule has 1 aliphatic rings. The van der Waals surface area contributed by atoms with E-state index in [9.17, 15) is 0 Å². The van der Waals surface area contributed by atoms with E-state index in [0.29, 0.717) is 11.5 Å². The number of benzene rings is 6. The smallest absolute Gasteiger partial charge is 0.503 e. The summed E-state index contributed by atoms with van der Waals surface area (Å²) in [5.41, 5.74) is 8.58. The van der Waals surface area contributed by atoms with E-state index in [0.717, 1.165) is 60.7 Å². The molecule has 55 heavy (non-hydrogen) atoms. The van der Waals surface area contributed by atoms with Crippen LogP contribution in [0.4, 0.5) is 5.69 Å². The molecule has 5 heterocycles. The third kappa shape index (κ3) is 4.93. The number of aromatic nitrogens is 4. The van der Waals surface area contributed by atoms with Gasteiger partial charge >= 0.3 is 28.0 Å². The van der Waals surface area contributed by atoms with Crippen LogP contribution < -0.4 is 15.0 Å². The number of aryl methyl sites for hydroxylation is 2. The zero-order valence-electron chi connectivity index (χ0n) is 30.3. The van der Waals surface area contributed by atoms with Gasteiger partial charge in [0.2, 0.25) is 0 Å². The van der Waals surface area contributed by atoms with Gasteiger partial charge in [0.1, 0.15) is 5.65 Å². The predicted molar refractivity (Wildman–Crippen MR) is 222 cm³/mol. The third-order valence-electron chi connectivity index (χ3n) is 11.2. The quantitative estimate of drug-likeness (QED) is 0.131. The van der Waals surface area contributed by atoms with Gasteiger partial charge in [-0.25, -0.2) is 4.98 Å². The summed E-state index contributed by atoms with van der Waals surface area (Å²) in [6, 6.07) is 50.1. The van der Waals surface area contributed by atoms with Crippen molar-refractivity contribution in [2.75, 3.05) is 11.9 Å². The molecule has 0 amide bonds. The van der Waals surface area contributed by atoms with Gasteiger partial charge in [0.05, 0.1) is 0 Å². The molecule has 0 bridgehead atoms. The Kier molecular flexibility index (Phi) is 7.72. The van der Waals surface area contributed by atoms with Crippen molar-refractivity contribution in [3.8, 4) is 22.9 Å². The first kappa shape index (κ1) is 33.4. The summed E-state index contributed by atoms with van der Waals surface area (Å²) in [7, 11) is 2.14. The molecule has 0 atom stereocenters. The summed E-state index contributed by atoms with van der Waals surface area (Å²) < 4.78 is 11.2. The second-order valence-electron chi connectivity index (χ2n) is 14.2. The fraction of sp³-hybridized carbons (Fsp3) is 0.0638. The molecule has 264 valence electrons. The Hall–Kier alpha value is -6.17. The van der Waals surface area contributed by atoms with Crippen molar-refractivity contribution in [1.82, 2.24) is 18.8 Å². The molecule has 0 unspecified atom stereocenters. The van der Waals surface area contributed by atoms with Gasteiger partial charge < -0.3 is 18.4 Å². The summed E-state index contributed by atoms with van der Waals surface area (Å²) in [6.07, 6.45) is 5.80. The first-order valence-corrected chi connectivity index (χ1v) is 18.3. The number of rotatable bonds is 3. The molecule has 0 aliphatic carbocycles. The Balaban J connectivity index is 0.00000372. The number of imidazole rings is 1. The molecule has 0 saturated heterocycles. The third-order valence-corrected chi connectivity index (χ3v) is 11.2. The average molecular weight is 889 g/mol. The number of fused-ring (bicyclic) bond motifs is 13. The Morgan fingerprint density at radius 2 is 1.18 bits per heavy atom. The number of ether oxygens (including phenoxy) is 1. The average Bonchev–Trinajstić information content (AvgIpc) is 3.83. The Morgan fingerprint density at radius 3 is 1.93 bits per heavy atom. The van der Waals surface area contributed by atoms with Gasteiger partial charge in [0.25, 0.3) is 0 Å². The van der Waals surface area contributed by atoms with Crippen LogP contribution in [0.25, 0.3) is 71.2 Å². The van der Waals surface area contributed by atoms with Gasteiger partial charge in [-0.2, -0.15) is 6.07 Å². The van der Waals surface area contributed by atoms with Crippen molar-refractivity contribution in [2.45, 2.75) is 13.8 Å². The Morgan fingerprint density at radius 1 is 0.582 bits per heavy atom. The maximum atomic E-state index is 6.65. The topological polar surface area (TPSA) is 47.6 Å². The molecule has 1 aliphatic heterocycles. The molecule has 0 spiro atoms. The fourth-order valence-corrected chi connectivity index (χ4v) is 8.85. The van der Waals surface area contributed by atoms with E-state index < -0.39 is 0 Å². The van der Waals surface area contributed by atoms with Gasteiger partial charge in [-0.3, -0.25) is 4.98 Å². The number of pyridine rings is 1. The van der Waals surface area contributed by atoms with E-state index in [1.807, 2.05) is 30.6 Å². The fourth-order valence-electron chi connectivity index (χ4n) is 8.85. The van der Waals surface area contributed by atoms with Crippen molar-refractivity contribution < 1.29 is 25.8 Å². The van der Waals surface area contributed by atoms with Gasteiger partial charge in [0.15, 0.2) is 0 Å². The zero-order chi connectivity index (χ0) is 36.1. The molecule has 0 N–H and O–H groups in total. The molecule has 6 nitrogen and oxygen atoms in total. The van der Waals surface area contributed by atoms with Crippen molar-refractivity contribution in [1.29, 1.82) is 0 Å². The predicted octanol–water partition coefficient (Wildman–Crippen LogP) is 10.2. The van der Waals surface area contributed by atoms with Crippen LogP contribution in [-0.4, -0.2) is 32.9 Å². The molecule has 0 radical (unpaired) electrons. The summed E-state index contributed by atoms with van der Waals surface area (Å²) in [4.78, 5) is 12.2. The molecule has 10 aromatic rings. The summed E-state index contributed by atoms with van der Waals surface area (Å²) in [5.74, 6) is 2.06. The molecule has 0 saturated carbocycles. The summed E-state index contributed by atoms with van der Waals surface area (Å²) >= 11 is 0. The number of nitrogens with zero attached hydrogens (tertiary/aromatic N) is 5. The van der Waals surface area contributed by atoms with E-state index in [4.69, 9.17) is 14.7 Å². The van der Waals surface area contributed by atoms with Crippen LogP contribution in [0.1, 0.15) is 11.1 Å². The van der Waals surface area contributed by atoms with Crippen LogP contribution in [0.5, 0.6) is 11.5 Å². The first-order chi connectivity index (χ1) is 26.5. The van der Waals surface area contributed by atoms with Crippen LogP contribution in [-0.2, 0) is 21.1 Å². The molecule has 4 aromatic heterocycles. The van der Waals surface area contributed by atoms with Gasteiger partial charge in [-0.15, -0.1) is 23.6 Å². The first-order valence-electron chi connectivity index (χ1n) is 18.3. The molecular formula is C47H32BN5OPt. The zero-order valence-corrected chi connectivity index (χ0v) is 32.6. The minimum absolute atomic E-state index is 0. The Bertz CT molecular complexity index is 3200. The molecule has 11 rings (SSSR count). The van der Waals surface area contributed by atoms with Crippen LogP contribution in [0.3, 0.4) is 0 Å². The van der Waals surface area contributed by atoms with Crippen LogP contribution in [0, 0.1) is 26.0 Å². The minimum atomic E-state index is -0.0228. The second kappa shape index (κ2) is 12.7. The van der Waals surface area contributed by atoms with Crippen LogP contribution >= 0.6 is 0 Å². The van der Waals surface area contributed by atoms with Crippen LogP contribution in [0.2, 0.25) is 0 Å². The molecule has 6 aromatic carbocycles. The Labute approximate surface area is 332 Å². The molecule has 0 fully saturated rings. The van der Waals surface area contributed by atoms with E-state index >= 15 is 0 Å². The summed E-state index contributed by atoms with van der Waals surface area (Å²) in [5, 5.41) is 9.10. The molecular weight excluding hydrogens is 856 g/mol. The van der Waals surface area contributed by atoms with Crippen LogP contribution in [0.15, 0.2) is 140 Å².